The number of piperidine rings is 1. The Morgan fingerprint density at radius 3 is 2.77 bits per heavy atom. The molecule has 3 atom stereocenters. The van der Waals surface area contributed by atoms with Gasteiger partial charge in [0, 0.05) is 55.4 Å². The molecule has 3 aromatic heterocycles. The topological polar surface area (TPSA) is 153 Å². The smallest absolute Gasteiger partial charge is 0.242 e. The Kier molecular flexibility index (Phi) is 7.13. The second kappa shape index (κ2) is 10.7. The van der Waals surface area contributed by atoms with Crippen molar-refractivity contribution in [3.63, 3.8) is 0 Å². The summed E-state index contributed by atoms with van der Waals surface area (Å²) in [5, 5.41) is 6.50. The predicted octanol–water partition coefficient (Wildman–Crippen LogP) is 3.25. The number of amides is 2. The highest BCUT2D eigenvalue weighted by molar-refractivity contribution is 7.90. The standard InChI is InChI=1S/C29H31FN8O4S/c1-5-20(38-16-11-21(38)28(40)37(3)14-16)27(39)36-26-25-17(9-10-31-26)18(13-32-25)24-15(2)12-33-29(35-24)34-19-7-6-8-22(23(19)30)43(4,41)42/h6-10,12-13,16,20-21,32H,5,11,14H2,1-4H3,(H,31,36,39)(H,33,34,35)/t16?,20-,21?/m1/s1. The third-order valence-corrected chi connectivity index (χ3v) is 9.27. The summed E-state index contributed by atoms with van der Waals surface area (Å²) < 4.78 is 38.9. The van der Waals surface area contributed by atoms with Gasteiger partial charge in [0.25, 0.3) is 0 Å². The van der Waals surface area contributed by atoms with E-state index in [9.17, 15) is 22.4 Å². The summed E-state index contributed by atoms with van der Waals surface area (Å²) >= 11 is 0. The van der Waals surface area contributed by atoms with Gasteiger partial charge in [-0.1, -0.05) is 13.0 Å². The van der Waals surface area contributed by atoms with Crippen molar-refractivity contribution in [3.8, 4) is 11.3 Å². The Labute approximate surface area is 247 Å². The maximum Gasteiger partial charge on any atom is 0.242 e. The first-order valence-electron chi connectivity index (χ1n) is 13.9. The molecular formula is C29H31FN8O4S. The Morgan fingerprint density at radius 1 is 1.26 bits per heavy atom. The van der Waals surface area contributed by atoms with Crippen LogP contribution in [0.25, 0.3) is 22.2 Å². The molecule has 0 spiro atoms. The van der Waals surface area contributed by atoms with Crippen molar-refractivity contribution in [1.82, 2.24) is 29.7 Å². The zero-order chi connectivity index (χ0) is 30.6. The summed E-state index contributed by atoms with van der Waals surface area (Å²) in [7, 11) is -1.98. The Morgan fingerprint density at radius 2 is 2.05 bits per heavy atom. The number of H-pyrrole nitrogens is 1. The molecule has 2 saturated heterocycles. The van der Waals surface area contributed by atoms with E-state index < -0.39 is 26.6 Å². The number of hydrogen-bond acceptors (Lipinski definition) is 9. The van der Waals surface area contributed by atoms with Crippen molar-refractivity contribution in [2.24, 2.45) is 0 Å². The van der Waals surface area contributed by atoms with E-state index in [4.69, 9.17) is 0 Å². The molecule has 5 heterocycles. The van der Waals surface area contributed by atoms with Gasteiger partial charge in [-0.3, -0.25) is 14.5 Å². The van der Waals surface area contributed by atoms with E-state index in [0.717, 1.165) is 23.6 Å². The summed E-state index contributed by atoms with van der Waals surface area (Å²) in [5.74, 6) is -0.672. The molecule has 2 aliphatic rings. The number of carbonyl (C=O) groups is 2. The number of nitrogens with zero attached hydrogens (tertiary/aromatic N) is 5. The normalized spacial score (nSPS) is 19.3. The number of hydrogen-bond donors (Lipinski definition) is 3. The summed E-state index contributed by atoms with van der Waals surface area (Å²) in [4.78, 5) is 45.9. The molecule has 12 nitrogen and oxygen atoms in total. The average molecular weight is 607 g/mol. The van der Waals surface area contributed by atoms with Gasteiger partial charge in [-0.15, -0.1) is 0 Å². The van der Waals surface area contributed by atoms with Crippen LogP contribution in [0.1, 0.15) is 25.3 Å². The quantitative estimate of drug-likeness (QED) is 0.274. The molecule has 2 amide bonds. The van der Waals surface area contributed by atoms with E-state index in [0.29, 0.717) is 35.6 Å². The summed E-state index contributed by atoms with van der Waals surface area (Å²) in [5.41, 5.74) is 2.52. The Hall–Kier alpha value is -4.43. The maximum absolute atomic E-state index is 15.0. The number of aromatic nitrogens is 4. The molecular weight excluding hydrogens is 575 g/mol. The predicted molar refractivity (Wildman–Crippen MR) is 159 cm³/mol. The lowest BCUT2D eigenvalue weighted by Crippen LogP contribution is -2.74. The first-order chi connectivity index (χ1) is 20.5. The van der Waals surface area contributed by atoms with Crippen LogP contribution in [0, 0.1) is 12.7 Å². The van der Waals surface area contributed by atoms with Gasteiger partial charge >= 0.3 is 0 Å². The second-order valence-electron chi connectivity index (χ2n) is 11.0. The van der Waals surface area contributed by atoms with Crippen molar-refractivity contribution in [2.75, 3.05) is 30.5 Å². The fourth-order valence-electron chi connectivity index (χ4n) is 6.01. The zero-order valence-electron chi connectivity index (χ0n) is 24.1. The van der Waals surface area contributed by atoms with Crippen LogP contribution in [0.3, 0.4) is 0 Å². The Balaban J connectivity index is 1.28. The van der Waals surface area contributed by atoms with Crippen molar-refractivity contribution in [1.29, 1.82) is 0 Å². The lowest BCUT2D eigenvalue weighted by molar-refractivity contribution is -0.164. The summed E-state index contributed by atoms with van der Waals surface area (Å²) in [6.07, 6.45) is 7.18. The fraction of sp³-hybridized carbons (Fsp3) is 0.345. The first-order valence-corrected chi connectivity index (χ1v) is 15.8. The molecule has 224 valence electrons. The van der Waals surface area contributed by atoms with Crippen molar-refractivity contribution in [3.05, 3.63) is 54.2 Å². The number of anilines is 3. The number of piperazine rings is 1. The number of carbonyl (C=O) groups excluding carboxylic acids is 2. The minimum Gasteiger partial charge on any atom is -0.357 e. The SMILES string of the molecule is CC[C@H](C(=O)Nc1nccc2c(-c3nc(Nc4cccc(S(C)(=O)=O)c4F)ncc3C)c[nH]c12)N1C2CC1C(=O)N(C)C2. The van der Waals surface area contributed by atoms with Gasteiger partial charge < -0.3 is 20.5 Å². The molecule has 2 bridgehead atoms. The van der Waals surface area contributed by atoms with Crippen molar-refractivity contribution >= 4 is 50.0 Å². The van der Waals surface area contributed by atoms with Gasteiger partial charge in [0.15, 0.2) is 21.5 Å². The van der Waals surface area contributed by atoms with Crippen molar-refractivity contribution in [2.45, 2.75) is 49.7 Å². The highest BCUT2D eigenvalue weighted by atomic mass is 32.2. The fourth-order valence-corrected chi connectivity index (χ4v) is 6.77. The number of rotatable bonds is 8. The number of pyridine rings is 1. The average Bonchev–Trinajstić information content (AvgIpc) is 3.39. The minimum absolute atomic E-state index is 0.0444. The van der Waals surface area contributed by atoms with E-state index in [2.05, 4.69) is 30.6 Å². The number of fused-ring (bicyclic) bond motifs is 3. The molecule has 2 aliphatic heterocycles. The monoisotopic (exact) mass is 606 g/mol. The van der Waals surface area contributed by atoms with Crippen LogP contribution >= 0.6 is 0 Å². The molecule has 0 saturated carbocycles. The number of aromatic amines is 1. The van der Waals surface area contributed by atoms with Gasteiger partial charge in [0.05, 0.1) is 29.0 Å². The van der Waals surface area contributed by atoms with Crippen LogP contribution in [0.2, 0.25) is 0 Å². The number of aryl methyl sites for hydroxylation is 1. The lowest BCUT2D eigenvalue weighted by Gasteiger charge is -2.56. The van der Waals surface area contributed by atoms with Crippen LogP contribution in [0.15, 0.2) is 47.8 Å². The van der Waals surface area contributed by atoms with E-state index in [-0.39, 0.29) is 35.5 Å². The maximum atomic E-state index is 15.0. The van der Waals surface area contributed by atoms with Gasteiger partial charge in [-0.05, 0) is 43.5 Å². The van der Waals surface area contributed by atoms with Crippen LogP contribution in [0.4, 0.5) is 21.8 Å². The van der Waals surface area contributed by atoms with Crippen LogP contribution in [-0.4, -0.2) is 87.9 Å². The largest absolute Gasteiger partial charge is 0.357 e. The van der Waals surface area contributed by atoms with Crippen LogP contribution < -0.4 is 10.6 Å². The molecule has 2 unspecified atom stereocenters. The number of likely N-dealkylation sites (tertiary alicyclic amines) is 2. The van der Waals surface area contributed by atoms with Gasteiger partial charge in [-0.25, -0.2) is 27.8 Å². The number of sulfone groups is 1. The zero-order valence-corrected chi connectivity index (χ0v) is 24.9. The number of benzene rings is 1. The van der Waals surface area contributed by atoms with E-state index in [1.54, 1.807) is 36.6 Å². The number of likely N-dealkylation sites (N-methyl/N-ethyl adjacent to an activating group) is 1. The molecule has 0 radical (unpaired) electrons. The van der Waals surface area contributed by atoms with Gasteiger partial charge in [-0.2, -0.15) is 0 Å². The van der Waals surface area contributed by atoms with E-state index in [1.807, 2.05) is 18.7 Å². The highest BCUT2D eigenvalue weighted by Gasteiger charge is 2.53. The Bertz CT molecular complexity index is 1880. The van der Waals surface area contributed by atoms with Gasteiger partial charge in [0.2, 0.25) is 17.8 Å². The van der Waals surface area contributed by atoms with Crippen LogP contribution in [-0.2, 0) is 19.4 Å². The molecule has 0 aliphatic carbocycles. The number of nitrogens with one attached hydrogen (secondary N) is 3. The van der Waals surface area contributed by atoms with E-state index in [1.165, 1.54) is 18.2 Å². The molecule has 1 aromatic carbocycles. The van der Waals surface area contributed by atoms with Crippen LogP contribution in [0.5, 0.6) is 0 Å². The third-order valence-electron chi connectivity index (χ3n) is 8.15. The minimum atomic E-state index is -3.77. The number of halogens is 1. The summed E-state index contributed by atoms with van der Waals surface area (Å²) in [6, 6.07) is 5.27. The second-order valence-corrected chi connectivity index (χ2v) is 13.0. The van der Waals surface area contributed by atoms with Gasteiger partial charge in [0.1, 0.15) is 4.90 Å². The molecule has 43 heavy (non-hydrogen) atoms. The summed E-state index contributed by atoms with van der Waals surface area (Å²) in [6.45, 7) is 4.37. The first kappa shape index (κ1) is 28.7. The third kappa shape index (κ3) is 4.99. The molecule has 6 rings (SSSR count). The van der Waals surface area contributed by atoms with E-state index >= 15 is 0 Å². The lowest BCUT2D eigenvalue weighted by atomic mass is 9.84. The van der Waals surface area contributed by atoms with Crippen molar-refractivity contribution < 1.29 is 22.4 Å². The molecule has 4 aromatic rings. The molecule has 14 heteroatoms. The molecule has 2 fully saturated rings. The highest BCUT2D eigenvalue weighted by Crippen LogP contribution is 2.37. The molecule has 3 N–H and O–H groups in total.